The Labute approximate surface area is 198 Å². The van der Waals surface area contributed by atoms with Gasteiger partial charge in [0.1, 0.15) is 23.1 Å². The smallest absolute Gasteiger partial charge is 0.449 e. The lowest BCUT2D eigenvalue weighted by Crippen LogP contribution is -2.53. The number of rotatable bonds is 4. The molecule has 1 aliphatic heterocycles. The average molecular weight is 506 g/mol. The van der Waals surface area contributed by atoms with Crippen LogP contribution < -0.4 is 10.5 Å². The van der Waals surface area contributed by atoms with Crippen LogP contribution in [0.15, 0.2) is 23.0 Å². The summed E-state index contributed by atoms with van der Waals surface area (Å²) < 4.78 is 61.0. The minimum absolute atomic E-state index is 0.0161. The van der Waals surface area contributed by atoms with Crippen LogP contribution >= 0.6 is 11.8 Å². The van der Waals surface area contributed by atoms with E-state index in [1.165, 1.54) is 17.0 Å². The molecule has 2 aromatic heterocycles. The standard InChI is InChI=1S/C20H14F4N8O2S/c1-31-16(33)15-14(28-17(31)20(22,23)24)13(11-3-2-9(5-25)4-12(11)21)29-19(30-15)32-6-10(7-32)34-18(27)35-8-26/h2-4,8,10,26-27H,6-7H2,1H3. The Kier molecular flexibility index (Phi) is 6.15. The second kappa shape index (κ2) is 8.95. The van der Waals surface area contributed by atoms with Crippen LogP contribution in [0, 0.1) is 28.0 Å². The maximum Gasteiger partial charge on any atom is 0.449 e. The van der Waals surface area contributed by atoms with Crippen LogP contribution in [-0.2, 0) is 18.0 Å². The van der Waals surface area contributed by atoms with Crippen LogP contribution in [-0.4, -0.2) is 49.5 Å². The summed E-state index contributed by atoms with van der Waals surface area (Å²) in [6.45, 7) is 0.353. The molecule has 15 heteroatoms. The molecule has 1 aliphatic rings. The van der Waals surface area contributed by atoms with Crippen LogP contribution in [0.1, 0.15) is 11.4 Å². The van der Waals surface area contributed by atoms with Crippen molar-refractivity contribution >= 4 is 39.5 Å². The van der Waals surface area contributed by atoms with Crippen molar-refractivity contribution in [3.8, 4) is 17.3 Å². The molecule has 0 amide bonds. The third-order valence-corrected chi connectivity index (χ3v) is 5.52. The lowest BCUT2D eigenvalue weighted by molar-refractivity contribution is -0.147. The number of fused-ring (bicyclic) bond motifs is 1. The summed E-state index contributed by atoms with van der Waals surface area (Å²) in [4.78, 5) is 26.3. The molecule has 1 fully saturated rings. The number of thioether (sulfide) groups is 1. The van der Waals surface area contributed by atoms with E-state index in [4.69, 9.17) is 20.8 Å². The minimum atomic E-state index is -4.97. The number of nitriles is 1. The van der Waals surface area contributed by atoms with Gasteiger partial charge in [-0.05, 0) is 30.0 Å². The molecule has 0 bridgehead atoms. The molecule has 1 aromatic carbocycles. The molecule has 0 aliphatic carbocycles. The molecule has 10 nitrogen and oxygen atoms in total. The number of nitrogens with one attached hydrogen (secondary N) is 2. The van der Waals surface area contributed by atoms with E-state index in [1.807, 2.05) is 0 Å². The van der Waals surface area contributed by atoms with Gasteiger partial charge in [-0.1, -0.05) is 0 Å². The van der Waals surface area contributed by atoms with Gasteiger partial charge in [0.25, 0.3) is 5.56 Å². The number of hydrogen-bond donors (Lipinski definition) is 2. The maximum absolute atomic E-state index is 14.8. The zero-order valence-electron chi connectivity index (χ0n) is 17.7. The summed E-state index contributed by atoms with van der Waals surface area (Å²) in [5.41, 5.74) is -1.76. The number of alkyl halides is 3. The van der Waals surface area contributed by atoms with Crippen molar-refractivity contribution in [2.45, 2.75) is 12.3 Å². The molecule has 3 aromatic rings. The monoisotopic (exact) mass is 506 g/mol. The summed E-state index contributed by atoms with van der Waals surface area (Å²) in [5.74, 6) is -2.50. The molecular formula is C20H14F4N8O2S. The van der Waals surface area contributed by atoms with E-state index in [2.05, 4.69) is 15.0 Å². The van der Waals surface area contributed by atoms with E-state index in [0.717, 1.165) is 30.4 Å². The molecular weight excluding hydrogens is 492 g/mol. The van der Waals surface area contributed by atoms with Crippen molar-refractivity contribution in [1.29, 1.82) is 16.1 Å². The van der Waals surface area contributed by atoms with E-state index < -0.39 is 40.5 Å². The highest BCUT2D eigenvalue weighted by molar-refractivity contribution is 8.24. The SMILES string of the molecule is Cn1c(C(F)(F)F)nc2c(-c3ccc(C#N)cc3F)nc(N3CC(OC(=N)SC=N)C3)nc2c1=O. The van der Waals surface area contributed by atoms with Gasteiger partial charge < -0.3 is 15.0 Å². The molecule has 2 N–H and O–H groups in total. The third-order valence-electron chi connectivity index (χ3n) is 5.09. The molecule has 35 heavy (non-hydrogen) atoms. The van der Waals surface area contributed by atoms with Crippen LogP contribution in [0.25, 0.3) is 22.3 Å². The predicted molar refractivity (Wildman–Crippen MR) is 119 cm³/mol. The molecule has 4 rings (SSSR count). The van der Waals surface area contributed by atoms with E-state index >= 15 is 0 Å². The Morgan fingerprint density at radius 1 is 1.29 bits per heavy atom. The normalized spacial score (nSPS) is 13.9. The first-order valence-corrected chi connectivity index (χ1v) is 10.6. The Balaban J connectivity index is 1.86. The summed E-state index contributed by atoms with van der Waals surface area (Å²) in [7, 11) is 0.904. The van der Waals surface area contributed by atoms with Crippen molar-refractivity contribution in [1.82, 2.24) is 19.5 Å². The second-order valence-electron chi connectivity index (χ2n) is 7.34. The maximum atomic E-state index is 14.8. The Bertz CT molecular complexity index is 1460. The lowest BCUT2D eigenvalue weighted by Gasteiger charge is -2.38. The van der Waals surface area contributed by atoms with Gasteiger partial charge in [0.2, 0.25) is 17.0 Å². The average Bonchev–Trinajstić information content (AvgIpc) is 2.77. The highest BCUT2D eigenvalue weighted by Crippen LogP contribution is 2.33. The lowest BCUT2D eigenvalue weighted by atomic mass is 10.1. The fourth-order valence-corrected chi connectivity index (χ4v) is 3.70. The zero-order chi connectivity index (χ0) is 25.5. The van der Waals surface area contributed by atoms with Gasteiger partial charge in [-0.3, -0.25) is 14.8 Å². The number of hydrogen-bond acceptors (Lipinski definition) is 10. The van der Waals surface area contributed by atoms with E-state index in [9.17, 15) is 22.4 Å². The highest BCUT2D eigenvalue weighted by atomic mass is 32.2. The summed E-state index contributed by atoms with van der Waals surface area (Å²) in [5, 5.41) is 23.4. The van der Waals surface area contributed by atoms with Gasteiger partial charge in [-0.25, -0.2) is 19.3 Å². The largest absolute Gasteiger partial charge is 0.466 e. The Hall–Kier alpha value is -4.06. The van der Waals surface area contributed by atoms with Crippen LogP contribution in [0.4, 0.5) is 23.5 Å². The fourth-order valence-electron chi connectivity index (χ4n) is 3.40. The number of nitrogens with zero attached hydrogens (tertiary/aromatic N) is 6. The van der Waals surface area contributed by atoms with Gasteiger partial charge in [-0.15, -0.1) is 0 Å². The molecule has 0 spiro atoms. The van der Waals surface area contributed by atoms with E-state index in [0.29, 0.717) is 4.57 Å². The van der Waals surface area contributed by atoms with Crippen LogP contribution in [0.3, 0.4) is 0 Å². The van der Waals surface area contributed by atoms with Crippen molar-refractivity contribution in [2.75, 3.05) is 18.0 Å². The third kappa shape index (κ3) is 4.52. The molecule has 180 valence electrons. The number of anilines is 1. The van der Waals surface area contributed by atoms with Gasteiger partial charge in [-0.2, -0.15) is 18.4 Å². The minimum Gasteiger partial charge on any atom is -0.466 e. The van der Waals surface area contributed by atoms with Crippen molar-refractivity contribution in [3.63, 3.8) is 0 Å². The van der Waals surface area contributed by atoms with Crippen molar-refractivity contribution < 1.29 is 22.3 Å². The zero-order valence-corrected chi connectivity index (χ0v) is 18.5. The number of ether oxygens (including phenoxy) is 1. The van der Waals surface area contributed by atoms with Gasteiger partial charge >= 0.3 is 6.18 Å². The first-order chi connectivity index (χ1) is 16.5. The van der Waals surface area contributed by atoms with E-state index in [-0.39, 0.29) is 41.1 Å². The van der Waals surface area contributed by atoms with Gasteiger partial charge in [0.05, 0.1) is 30.3 Å². The molecule has 0 radical (unpaired) electrons. The topological polar surface area (TPSA) is 145 Å². The number of halogens is 4. The van der Waals surface area contributed by atoms with Crippen molar-refractivity contribution in [3.05, 3.63) is 45.8 Å². The molecule has 0 saturated carbocycles. The molecule has 0 atom stereocenters. The Morgan fingerprint density at radius 2 is 2.00 bits per heavy atom. The number of aromatic nitrogens is 4. The van der Waals surface area contributed by atoms with Crippen LogP contribution in [0.2, 0.25) is 0 Å². The molecule has 3 heterocycles. The fraction of sp³-hybridized carbons (Fsp3) is 0.250. The van der Waals surface area contributed by atoms with Crippen molar-refractivity contribution in [2.24, 2.45) is 7.05 Å². The van der Waals surface area contributed by atoms with Gasteiger partial charge in [0.15, 0.2) is 5.52 Å². The summed E-state index contributed by atoms with van der Waals surface area (Å²) in [6.07, 6.45) is -5.42. The first kappa shape index (κ1) is 24.1. The predicted octanol–water partition coefficient (Wildman–Crippen LogP) is 2.90. The van der Waals surface area contributed by atoms with Gasteiger partial charge in [0, 0.05) is 12.6 Å². The molecule has 1 saturated heterocycles. The summed E-state index contributed by atoms with van der Waals surface area (Å²) >= 11 is 0.763. The number of benzene rings is 1. The Morgan fingerprint density at radius 3 is 2.60 bits per heavy atom. The molecule has 0 unspecified atom stereocenters. The van der Waals surface area contributed by atoms with E-state index in [1.54, 1.807) is 6.07 Å². The quantitative estimate of drug-likeness (QED) is 0.312. The van der Waals surface area contributed by atoms with Crippen LogP contribution in [0.5, 0.6) is 0 Å². The highest BCUT2D eigenvalue weighted by Gasteiger charge is 2.38. The summed E-state index contributed by atoms with van der Waals surface area (Å²) in [6, 6.07) is 5.09. The first-order valence-electron chi connectivity index (χ1n) is 9.75. The second-order valence-corrected chi connectivity index (χ2v) is 8.18.